The second-order valence-electron chi connectivity index (χ2n) is 5.48. The third-order valence-corrected chi connectivity index (χ3v) is 4.85. The number of anilines is 1. The van der Waals surface area contributed by atoms with Gasteiger partial charge in [0.2, 0.25) is 0 Å². The summed E-state index contributed by atoms with van der Waals surface area (Å²) in [5, 5.41) is 0. The van der Waals surface area contributed by atoms with Crippen LogP contribution in [0.1, 0.15) is 17.3 Å². The first kappa shape index (κ1) is 18.5. The van der Waals surface area contributed by atoms with Crippen LogP contribution in [-0.2, 0) is 10.0 Å². The molecule has 9 heteroatoms. The molecule has 1 heterocycles. The first-order chi connectivity index (χ1) is 12.8. The molecule has 0 saturated heterocycles. The van der Waals surface area contributed by atoms with Gasteiger partial charge in [0.15, 0.2) is 17.3 Å². The minimum Gasteiger partial charge on any atom is -0.421 e. The van der Waals surface area contributed by atoms with Crippen LogP contribution in [0.15, 0.2) is 65.8 Å². The van der Waals surface area contributed by atoms with Gasteiger partial charge in [0, 0.05) is 5.56 Å². The van der Waals surface area contributed by atoms with Gasteiger partial charge in [-0.3, -0.25) is 9.52 Å². The monoisotopic (exact) mass is 387 g/mol. The average molecular weight is 387 g/mol. The molecule has 1 aromatic heterocycles. The number of carbonyl (C=O) groups excluding carboxylic acids is 1. The molecule has 3 rings (SSSR count). The van der Waals surface area contributed by atoms with Crippen LogP contribution < -0.4 is 9.46 Å². The Balaban J connectivity index is 1.77. The summed E-state index contributed by atoms with van der Waals surface area (Å²) in [4.78, 5) is 19.1. The quantitative estimate of drug-likeness (QED) is 0.651. The number of ether oxygens (including phenoxy) is 1. The summed E-state index contributed by atoms with van der Waals surface area (Å²) in [6.45, 7) is 1.35. The van der Waals surface area contributed by atoms with Crippen molar-refractivity contribution in [2.24, 2.45) is 0 Å². The van der Waals surface area contributed by atoms with Gasteiger partial charge >= 0.3 is 6.01 Å². The van der Waals surface area contributed by atoms with Crippen LogP contribution >= 0.6 is 0 Å². The first-order valence-electron chi connectivity index (χ1n) is 7.73. The molecule has 0 spiro atoms. The Morgan fingerprint density at radius 3 is 2.44 bits per heavy atom. The summed E-state index contributed by atoms with van der Waals surface area (Å²) >= 11 is 0. The van der Waals surface area contributed by atoms with Crippen LogP contribution in [0.3, 0.4) is 0 Å². The van der Waals surface area contributed by atoms with E-state index in [2.05, 4.69) is 14.7 Å². The fourth-order valence-electron chi connectivity index (χ4n) is 2.14. The average Bonchev–Trinajstić information content (AvgIpc) is 2.65. The Labute approximate surface area is 154 Å². The molecule has 27 heavy (non-hydrogen) atoms. The van der Waals surface area contributed by atoms with E-state index in [0.29, 0.717) is 0 Å². The van der Waals surface area contributed by atoms with Crippen LogP contribution in [0.25, 0.3) is 0 Å². The smallest absolute Gasteiger partial charge is 0.322 e. The number of Topliss-reactive ketones (excluding diaryl/α,β-unsaturated/α-hetero) is 1. The molecular weight excluding hydrogens is 373 g/mol. The molecule has 0 saturated carbocycles. The number of ketones is 1. The van der Waals surface area contributed by atoms with Crippen molar-refractivity contribution in [3.8, 4) is 11.8 Å². The van der Waals surface area contributed by atoms with E-state index in [1.807, 2.05) is 0 Å². The van der Waals surface area contributed by atoms with E-state index in [1.54, 1.807) is 6.07 Å². The van der Waals surface area contributed by atoms with Crippen LogP contribution in [0.4, 0.5) is 10.1 Å². The summed E-state index contributed by atoms with van der Waals surface area (Å²) in [5.41, 5.74) is 0.367. The number of aromatic nitrogens is 2. The van der Waals surface area contributed by atoms with Gasteiger partial charge in [-0.05, 0) is 31.2 Å². The Hall–Kier alpha value is -3.33. The Kier molecular flexibility index (Phi) is 5.13. The van der Waals surface area contributed by atoms with E-state index in [9.17, 15) is 17.6 Å². The summed E-state index contributed by atoms with van der Waals surface area (Å²) in [7, 11) is -3.93. The van der Waals surface area contributed by atoms with Crippen molar-refractivity contribution < 1.29 is 22.3 Å². The molecule has 0 amide bonds. The minimum atomic E-state index is -3.93. The zero-order valence-corrected chi connectivity index (χ0v) is 14.9. The van der Waals surface area contributed by atoms with Crippen molar-refractivity contribution in [1.29, 1.82) is 0 Å². The summed E-state index contributed by atoms with van der Waals surface area (Å²) < 4.78 is 46.0. The van der Waals surface area contributed by atoms with Gasteiger partial charge in [0.1, 0.15) is 0 Å². The molecule has 0 aliphatic carbocycles. The standard InChI is InChI=1S/C18H14FN3O4S/c1-12(23)13-5-4-6-15(9-13)27(24,25)22-14-10-20-18(21-11-14)26-17-8-3-2-7-16(17)19/h2-11,22H,1H3. The third kappa shape index (κ3) is 4.45. The summed E-state index contributed by atoms with van der Waals surface area (Å²) in [6.07, 6.45) is 2.38. The molecular formula is C18H14FN3O4S. The minimum absolute atomic E-state index is 0.0492. The zero-order valence-electron chi connectivity index (χ0n) is 14.1. The van der Waals surface area contributed by atoms with Crippen molar-refractivity contribution >= 4 is 21.5 Å². The molecule has 2 aromatic carbocycles. The SMILES string of the molecule is CC(=O)c1cccc(S(=O)(=O)Nc2cnc(Oc3ccccc3F)nc2)c1. The van der Waals surface area contributed by atoms with E-state index in [0.717, 1.165) is 0 Å². The molecule has 0 aliphatic rings. The van der Waals surface area contributed by atoms with Crippen LogP contribution in [0.5, 0.6) is 11.8 Å². The van der Waals surface area contributed by atoms with E-state index < -0.39 is 15.8 Å². The van der Waals surface area contributed by atoms with Crippen molar-refractivity contribution in [2.45, 2.75) is 11.8 Å². The Morgan fingerprint density at radius 2 is 1.78 bits per heavy atom. The molecule has 0 radical (unpaired) electrons. The zero-order chi connectivity index (χ0) is 19.4. The van der Waals surface area contributed by atoms with E-state index in [1.165, 1.54) is 61.8 Å². The Morgan fingerprint density at radius 1 is 1.07 bits per heavy atom. The predicted molar refractivity (Wildman–Crippen MR) is 95.8 cm³/mol. The number of nitrogens with zero attached hydrogens (tertiary/aromatic N) is 2. The first-order valence-corrected chi connectivity index (χ1v) is 9.22. The molecule has 0 fully saturated rings. The molecule has 0 atom stereocenters. The maximum absolute atomic E-state index is 13.6. The molecule has 0 unspecified atom stereocenters. The van der Waals surface area contributed by atoms with Gasteiger partial charge in [0.05, 0.1) is 23.0 Å². The number of rotatable bonds is 6. The maximum atomic E-state index is 13.6. The van der Waals surface area contributed by atoms with Gasteiger partial charge < -0.3 is 4.74 Å². The normalized spacial score (nSPS) is 11.0. The molecule has 0 aliphatic heterocycles. The molecule has 1 N–H and O–H groups in total. The van der Waals surface area contributed by atoms with Crippen molar-refractivity contribution in [2.75, 3.05) is 4.72 Å². The fraction of sp³-hybridized carbons (Fsp3) is 0.0556. The number of benzene rings is 2. The van der Waals surface area contributed by atoms with E-state index in [-0.39, 0.29) is 33.7 Å². The number of para-hydroxylation sites is 1. The van der Waals surface area contributed by atoms with Crippen LogP contribution in [-0.4, -0.2) is 24.2 Å². The number of nitrogens with one attached hydrogen (secondary N) is 1. The lowest BCUT2D eigenvalue weighted by atomic mass is 10.2. The molecule has 3 aromatic rings. The van der Waals surface area contributed by atoms with Crippen molar-refractivity contribution in [3.05, 3.63) is 72.3 Å². The Bertz CT molecular complexity index is 1090. The second-order valence-corrected chi connectivity index (χ2v) is 7.16. The van der Waals surface area contributed by atoms with Gasteiger partial charge in [-0.2, -0.15) is 0 Å². The molecule has 7 nitrogen and oxygen atoms in total. The highest BCUT2D eigenvalue weighted by molar-refractivity contribution is 7.92. The summed E-state index contributed by atoms with van der Waals surface area (Å²) in [6, 6.07) is 11.3. The number of hydrogen-bond acceptors (Lipinski definition) is 6. The van der Waals surface area contributed by atoms with Gasteiger partial charge in [-0.15, -0.1) is 0 Å². The van der Waals surface area contributed by atoms with Crippen molar-refractivity contribution in [1.82, 2.24) is 9.97 Å². The lowest BCUT2D eigenvalue weighted by Crippen LogP contribution is -2.14. The highest BCUT2D eigenvalue weighted by Crippen LogP contribution is 2.22. The van der Waals surface area contributed by atoms with Gasteiger partial charge in [-0.1, -0.05) is 24.3 Å². The maximum Gasteiger partial charge on any atom is 0.322 e. The summed E-state index contributed by atoms with van der Waals surface area (Å²) in [5.74, 6) is -0.867. The number of sulfonamides is 1. The number of hydrogen-bond donors (Lipinski definition) is 1. The van der Waals surface area contributed by atoms with Gasteiger partial charge in [0.25, 0.3) is 10.0 Å². The lowest BCUT2D eigenvalue weighted by Gasteiger charge is -2.09. The van der Waals surface area contributed by atoms with E-state index >= 15 is 0 Å². The number of carbonyl (C=O) groups is 1. The topological polar surface area (TPSA) is 98.2 Å². The number of halogens is 1. The van der Waals surface area contributed by atoms with E-state index in [4.69, 9.17) is 4.74 Å². The third-order valence-electron chi connectivity index (χ3n) is 3.47. The molecule has 138 valence electrons. The van der Waals surface area contributed by atoms with Crippen LogP contribution in [0, 0.1) is 5.82 Å². The second kappa shape index (κ2) is 7.50. The fourth-order valence-corrected chi connectivity index (χ4v) is 3.22. The largest absolute Gasteiger partial charge is 0.421 e. The lowest BCUT2D eigenvalue weighted by molar-refractivity contribution is 0.101. The highest BCUT2D eigenvalue weighted by atomic mass is 32.2. The predicted octanol–water partition coefficient (Wildman–Crippen LogP) is 3.41. The van der Waals surface area contributed by atoms with Crippen LogP contribution in [0.2, 0.25) is 0 Å². The van der Waals surface area contributed by atoms with Gasteiger partial charge in [-0.25, -0.2) is 22.8 Å². The highest BCUT2D eigenvalue weighted by Gasteiger charge is 2.16. The molecule has 0 bridgehead atoms. The van der Waals surface area contributed by atoms with Crippen molar-refractivity contribution in [3.63, 3.8) is 0 Å².